The molecule has 1 amide bonds. The van der Waals surface area contributed by atoms with E-state index >= 15 is 0 Å². The van der Waals surface area contributed by atoms with E-state index in [1.54, 1.807) is 18.2 Å². The van der Waals surface area contributed by atoms with E-state index in [1.807, 2.05) is 13.8 Å². The van der Waals surface area contributed by atoms with Crippen molar-refractivity contribution in [1.29, 1.82) is 0 Å². The van der Waals surface area contributed by atoms with Crippen molar-refractivity contribution in [3.8, 4) is 0 Å². The van der Waals surface area contributed by atoms with Gasteiger partial charge in [0.25, 0.3) is 5.91 Å². The Balaban J connectivity index is 2.07. The highest BCUT2D eigenvalue weighted by molar-refractivity contribution is 7.93. The summed E-state index contributed by atoms with van der Waals surface area (Å²) in [5, 5.41) is 11.9. The molecular formula is C17H24N2O5S. The molecule has 1 aliphatic rings. The van der Waals surface area contributed by atoms with E-state index in [1.165, 1.54) is 10.4 Å². The van der Waals surface area contributed by atoms with Crippen LogP contribution in [-0.4, -0.2) is 44.2 Å². The first-order valence-corrected chi connectivity index (χ1v) is 9.93. The summed E-state index contributed by atoms with van der Waals surface area (Å²) in [4.78, 5) is 23.6. The highest BCUT2D eigenvalue weighted by Gasteiger charge is 2.28. The van der Waals surface area contributed by atoms with Gasteiger partial charge in [0.15, 0.2) is 0 Å². The third-order valence-corrected chi connectivity index (χ3v) is 5.98. The van der Waals surface area contributed by atoms with Crippen molar-refractivity contribution in [2.45, 2.75) is 26.7 Å². The number of amides is 1. The van der Waals surface area contributed by atoms with Crippen LogP contribution in [-0.2, 0) is 14.8 Å². The predicted molar refractivity (Wildman–Crippen MR) is 95.1 cm³/mol. The number of sulfonamides is 1. The zero-order valence-electron chi connectivity index (χ0n) is 14.4. The fourth-order valence-corrected chi connectivity index (χ4v) is 4.45. The molecule has 0 bridgehead atoms. The number of hydrogen-bond acceptors (Lipinski definition) is 4. The first-order valence-electron chi connectivity index (χ1n) is 8.32. The van der Waals surface area contributed by atoms with E-state index in [9.17, 15) is 23.1 Å². The molecule has 7 nitrogen and oxygen atoms in total. The molecule has 0 radical (unpaired) electrons. The summed E-state index contributed by atoms with van der Waals surface area (Å²) in [5.41, 5.74) is 0.774. The monoisotopic (exact) mass is 368 g/mol. The van der Waals surface area contributed by atoms with Crippen molar-refractivity contribution in [3.05, 3.63) is 29.8 Å². The van der Waals surface area contributed by atoms with Crippen LogP contribution in [0, 0.1) is 11.8 Å². The lowest BCUT2D eigenvalue weighted by atomic mass is 9.97. The van der Waals surface area contributed by atoms with Crippen molar-refractivity contribution in [3.63, 3.8) is 0 Å². The van der Waals surface area contributed by atoms with Gasteiger partial charge in [-0.15, -0.1) is 0 Å². The molecule has 0 aliphatic carbocycles. The van der Waals surface area contributed by atoms with E-state index in [4.69, 9.17) is 0 Å². The Labute approximate surface area is 148 Å². The van der Waals surface area contributed by atoms with Crippen LogP contribution in [0.4, 0.5) is 5.69 Å². The minimum absolute atomic E-state index is 0.0403. The summed E-state index contributed by atoms with van der Waals surface area (Å²) < 4.78 is 25.3. The lowest BCUT2D eigenvalue weighted by Crippen LogP contribution is -2.34. The molecule has 1 aromatic rings. The van der Waals surface area contributed by atoms with Crippen LogP contribution in [0.25, 0.3) is 0 Å². The van der Waals surface area contributed by atoms with Crippen LogP contribution in [0.2, 0.25) is 0 Å². The Kier molecular flexibility index (Phi) is 6.05. The second kappa shape index (κ2) is 7.86. The summed E-state index contributed by atoms with van der Waals surface area (Å²) in [6.45, 7) is 4.30. The van der Waals surface area contributed by atoms with Crippen molar-refractivity contribution in [1.82, 2.24) is 5.32 Å². The van der Waals surface area contributed by atoms with E-state index in [-0.39, 0.29) is 18.2 Å². The molecule has 2 N–H and O–H groups in total. The highest BCUT2D eigenvalue weighted by Crippen LogP contribution is 2.24. The van der Waals surface area contributed by atoms with Gasteiger partial charge < -0.3 is 10.4 Å². The number of carbonyl (C=O) groups excluding carboxylic acids is 1. The Morgan fingerprint density at radius 1 is 1.32 bits per heavy atom. The van der Waals surface area contributed by atoms with Crippen molar-refractivity contribution in [2.75, 3.05) is 23.1 Å². The zero-order chi connectivity index (χ0) is 18.6. The van der Waals surface area contributed by atoms with Gasteiger partial charge in [0, 0.05) is 18.7 Å². The average molecular weight is 368 g/mol. The summed E-state index contributed by atoms with van der Waals surface area (Å²) in [6, 6.07) is 6.38. The molecule has 1 unspecified atom stereocenters. The van der Waals surface area contributed by atoms with E-state index in [0.29, 0.717) is 30.6 Å². The number of aliphatic carboxylic acids is 1. The second-order valence-corrected chi connectivity index (χ2v) is 8.68. The lowest BCUT2D eigenvalue weighted by molar-refractivity contribution is -0.142. The Hall–Kier alpha value is -2.09. The second-order valence-electron chi connectivity index (χ2n) is 6.67. The fraction of sp³-hybridized carbons (Fsp3) is 0.529. The molecule has 8 heteroatoms. The molecule has 1 aromatic carbocycles. The van der Waals surface area contributed by atoms with Crippen LogP contribution < -0.4 is 9.62 Å². The van der Waals surface area contributed by atoms with E-state index in [2.05, 4.69) is 5.32 Å². The summed E-state index contributed by atoms with van der Waals surface area (Å²) >= 11 is 0. The SMILES string of the molecule is CC(C)CC(CNC(=O)c1cccc(N2CCCS2(=O)=O)c1)C(=O)O. The smallest absolute Gasteiger partial charge is 0.308 e. The topological polar surface area (TPSA) is 104 Å². The van der Waals surface area contributed by atoms with Gasteiger partial charge >= 0.3 is 5.97 Å². The number of carbonyl (C=O) groups is 2. The molecule has 1 fully saturated rings. The fourth-order valence-electron chi connectivity index (χ4n) is 2.89. The van der Waals surface area contributed by atoms with Crippen LogP contribution in [0.15, 0.2) is 24.3 Å². The van der Waals surface area contributed by atoms with E-state index < -0.39 is 27.8 Å². The Morgan fingerprint density at radius 2 is 2.04 bits per heavy atom. The molecule has 1 aliphatic heterocycles. The number of anilines is 1. The first-order chi connectivity index (χ1) is 11.7. The van der Waals surface area contributed by atoms with Gasteiger partial charge in [-0.25, -0.2) is 8.42 Å². The number of carboxylic acids is 1. The number of nitrogens with zero attached hydrogens (tertiary/aromatic N) is 1. The van der Waals surface area contributed by atoms with Crippen molar-refractivity contribution >= 4 is 27.6 Å². The van der Waals surface area contributed by atoms with Crippen LogP contribution in [0.3, 0.4) is 0 Å². The molecule has 1 heterocycles. The molecular weight excluding hydrogens is 344 g/mol. The molecule has 0 spiro atoms. The third kappa shape index (κ3) is 4.94. The number of hydrogen-bond donors (Lipinski definition) is 2. The molecule has 2 rings (SSSR count). The molecule has 1 atom stereocenters. The normalized spacial score (nSPS) is 17.5. The van der Waals surface area contributed by atoms with Gasteiger partial charge in [0.05, 0.1) is 17.4 Å². The average Bonchev–Trinajstić information content (AvgIpc) is 2.90. The van der Waals surface area contributed by atoms with Crippen molar-refractivity contribution < 1.29 is 23.1 Å². The summed E-state index contributed by atoms with van der Waals surface area (Å²) in [7, 11) is -3.31. The van der Waals surface area contributed by atoms with Gasteiger partial charge in [0.1, 0.15) is 0 Å². The minimum Gasteiger partial charge on any atom is -0.481 e. The molecule has 1 saturated heterocycles. The van der Waals surface area contributed by atoms with Gasteiger partial charge in [-0.1, -0.05) is 19.9 Å². The van der Waals surface area contributed by atoms with E-state index in [0.717, 1.165) is 0 Å². The summed E-state index contributed by atoms with van der Waals surface area (Å²) in [5.74, 6) is -1.68. The molecule has 25 heavy (non-hydrogen) atoms. The van der Waals surface area contributed by atoms with Gasteiger partial charge in [0.2, 0.25) is 10.0 Å². The maximum Gasteiger partial charge on any atom is 0.308 e. The molecule has 0 aromatic heterocycles. The zero-order valence-corrected chi connectivity index (χ0v) is 15.3. The largest absolute Gasteiger partial charge is 0.481 e. The Morgan fingerprint density at radius 3 is 2.60 bits per heavy atom. The number of nitrogens with one attached hydrogen (secondary N) is 1. The van der Waals surface area contributed by atoms with Crippen LogP contribution in [0.1, 0.15) is 37.0 Å². The Bertz CT molecular complexity index is 745. The third-order valence-electron chi connectivity index (χ3n) is 4.11. The number of carboxylic acid groups (broad SMARTS) is 1. The van der Waals surface area contributed by atoms with Gasteiger partial charge in [-0.3, -0.25) is 13.9 Å². The minimum atomic E-state index is -3.31. The highest BCUT2D eigenvalue weighted by atomic mass is 32.2. The number of rotatable bonds is 7. The predicted octanol–water partition coefficient (Wildman–Crippen LogP) is 1.70. The lowest BCUT2D eigenvalue weighted by Gasteiger charge is -2.18. The number of benzene rings is 1. The maximum atomic E-state index is 12.3. The first kappa shape index (κ1) is 19.2. The maximum absolute atomic E-state index is 12.3. The summed E-state index contributed by atoms with van der Waals surface area (Å²) in [6.07, 6.45) is 1.04. The standard InChI is InChI=1S/C17H24N2O5S/c1-12(2)9-14(17(21)22)11-18-16(20)13-5-3-6-15(10-13)19-7-4-8-25(19,23)24/h3,5-6,10,12,14H,4,7-9,11H2,1-2H3,(H,18,20)(H,21,22). The van der Waals surface area contributed by atoms with Gasteiger partial charge in [-0.2, -0.15) is 0 Å². The van der Waals surface area contributed by atoms with Crippen LogP contribution in [0.5, 0.6) is 0 Å². The quantitative estimate of drug-likeness (QED) is 0.762. The van der Waals surface area contributed by atoms with Gasteiger partial charge in [-0.05, 0) is 37.0 Å². The van der Waals surface area contributed by atoms with Crippen LogP contribution >= 0.6 is 0 Å². The molecule has 138 valence electrons. The molecule has 0 saturated carbocycles. The van der Waals surface area contributed by atoms with Crippen molar-refractivity contribution in [2.24, 2.45) is 11.8 Å².